The van der Waals surface area contributed by atoms with E-state index in [0.29, 0.717) is 27.9 Å². The van der Waals surface area contributed by atoms with E-state index in [1.165, 1.54) is 7.11 Å². The monoisotopic (exact) mass is 393 g/mol. The Labute approximate surface area is 161 Å². The smallest absolute Gasteiger partial charge is 0.308 e. The van der Waals surface area contributed by atoms with E-state index >= 15 is 0 Å². The van der Waals surface area contributed by atoms with E-state index in [4.69, 9.17) is 27.9 Å². The molecule has 5 nitrogen and oxygen atoms in total. The van der Waals surface area contributed by atoms with Crippen molar-refractivity contribution in [1.29, 1.82) is 0 Å². The van der Waals surface area contributed by atoms with Crippen LogP contribution < -0.4 is 4.74 Å². The topological polar surface area (TPSA) is 66.8 Å². The van der Waals surface area contributed by atoms with Gasteiger partial charge in [0.2, 0.25) is 0 Å². The normalized spacial score (nSPS) is 19.4. The summed E-state index contributed by atoms with van der Waals surface area (Å²) in [4.78, 5) is 26.2. The number of carboxylic acid groups (broad SMARTS) is 1. The van der Waals surface area contributed by atoms with E-state index in [1.54, 1.807) is 47.4 Å². The summed E-state index contributed by atoms with van der Waals surface area (Å²) in [5.74, 6) is -1.82. The largest absolute Gasteiger partial charge is 0.496 e. The molecule has 1 saturated heterocycles. The number of ether oxygens (including phenoxy) is 1. The average molecular weight is 394 g/mol. The van der Waals surface area contributed by atoms with Gasteiger partial charge in [0.05, 0.1) is 18.6 Å². The second kappa shape index (κ2) is 7.56. The van der Waals surface area contributed by atoms with Crippen molar-refractivity contribution in [1.82, 2.24) is 4.90 Å². The first-order valence-corrected chi connectivity index (χ1v) is 8.77. The first-order valence-electron chi connectivity index (χ1n) is 8.01. The third-order valence-electron chi connectivity index (χ3n) is 4.62. The molecule has 136 valence electrons. The fraction of sp³-hybridized carbons (Fsp3) is 0.263. The summed E-state index contributed by atoms with van der Waals surface area (Å²) in [6.07, 6.45) is 0. The van der Waals surface area contributed by atoms with E-state index in [-0.39, 0.29) is 18.4 Å². The first kappa shape index (κ1) is 18.5. The molecule has 2 aromatic carbocycles. The maximum absolute atomic E-state index is 12.9. The van der Waals surface area contributed by atoms with Gasteiger partial charge in [-0.25, -0.2) is 0 Å². The number of carboxylic acids is 1. The lowest BCUT2D eigenvalue weighted by atomic mass is 9.89. The fourth-order valence-electron chi connectivity index (χ4n) is 3.28. The van der Waals surface area contributed by atoms with Crippen molar-refractivity contribution in [3.63, 3.8) is 0 Å². The van der Waals surface area contributed by atoms with Crippen molar-refractivity contribution in [2.75, 3.05) is 20.2 Å². The molecule has 26 heavy (non-hydrogen) atoms. The summed E-state index contributed by atoms with van der Waals surface area (Å²) in [7, 11) is 1.46. The molecule has 1 heterocycles. The Kier molecular flexibility index (Phi) is 5.39. The number of nitrogens with zero attached hydrogens (tertiary/aromatic N) is 1. The summed E-state index contributed by atoms with van der Waals surface area (Å²) in [6.45, 7) is 0.441. The van der Waals surface area contributed by atoms with Gasteiger partial charge >= 0.3 is 5.97 Å². The Morgan fingerprint density at radius 3 is 2.35 bits per heavy atom. The van der Waals surface area contributed by atoms with Crippen LogP contribution in [-0.4, -0.2) is 42.1 Å². The summed E-state index contributed by atoms with van der Waals surface area (Å²) < 4.78 is 5.24. The number of likely N-dealkylation sites (tertiary alicyclic amines) is 1. The molecule has 1 aliphatic heterocycles. The summed E-state index contributed by atoms with van der Waals surface area (Å²) in [6, 6.07) is 11.8. The van der Waals surface area contributed by atoms with Crippen molar-refractivity contribution in [2.45, 2.75) is 5.92 Å². The SMILES string of the molecule is COc1cc(Cl)ccc1C(=O)N1C[C@@H](C(=O)O)[C@H](c2ccc(Cl)cc2)C1. The summed E-state index contributed by atoms with van der Waals surface area (Å²) >= 11 is 11.9. The van der Waals surface area contributed by atoms with Gasteiger partial charge < -0.3 is 14.7 Å². The van der Waals surface area contributed by atoms with E-state index in [9.17, 15) is 14.7 Å². The number of amides is 1. The van der Waals surface area contributed by atoms with Gasteiger partial charge in [-0.1, -0.05) is 35.3 Å². The van der Waals surface area contributed by atoms with Gasteiger partial charge in [-0.3, -0.25) is 9.59 Å². The number of aliphatic carboxylic acids is 1. The lowest BCUT2D eigenvalue weighted by Crippen LogP contribution is -2.30. The number of carbonyl (C=O) groups is 2. The zero-order valence-electron chi connectivity index (χ0n) is 14.0. The van der Waals surface area contributed by atoms with Crippen LogP contribution in [0.4, 0.5) is 0 Å². The van der Waals surface area contributed by atoms with Gasteiger partial charge in [0.15, 0.2) is 0 Å². The molecule has 2 atom stereocenters. The van der Waals surface area contributed by atoms with Crippen molar-refractivity contribution >= 4 is 35.1 Å². The maximum Gasteiger partial charge on any atom is 0.308 e. The van der Waals surface area contributed by atoms with Crippen molar-refractivity contribution in [3.05, 3.63) is 63.6 Å². The lowest BCUT2D eigenvalue weighted by Gasteiger charge is -2.18. The number of hydrogen-bond acceptors (Lipinski definition) is 3. The molecule has 0 radical (unpaired) electrons. The zero-order valence-corrected chi connectivity index (χ0v) is 15.5. The van der Waals surface area contributed by atoms with Gasteiger partial charge in [0.25, 0.3) is 5.91 Å². The Morgan fingerprint density at radius 1 is 1.08 bits per heavy atom. The Morgan fingerprint density at radius 2 is 1.73 bits per heavy atom. The van der Waals surface area contributed by atoms with Gasteiger partial charge in [-0.2, -0.15) is 0 Å². The molecule has 7 heteroatoms. The number of carbonyl (C=O) groups excluding carboxylic acids is 1. The van der Waals surface area contributed by atoms with Crippen LogP contribution in [-0.2, 0) is 4.79 Å². The minimum Gasteiger partial charge on any atom is -0.496 e. The Hall–Kier alpha value is -2.24. The van der Waals surface area contributed by atoms with Crippen molar-refractivity contribution in [2.24, 2.45) is 5.92 Å². The quantitative estimate of drug-likeness (QED) is 0.853. The minimum absolute atomic E-state index is 0.132. The Balaban J connectivity index is 1.89. The van der Waals surface area contributed by atoms with E-state index < -0.39 is 11.9 Å². The molecule has 0 unspecified atom stereocenters. The van der Waals surface area contributed by atoms with Crippen LogP contribution in [0.25, 0.3) is 0 Å². The highest BCUT2D eigenvalue weighted by atomic mass is 35.5. The van der Waals surface area contributed by atoms with Crippen molar-refractivity contribution in [3.8, 4) is 5.75 Å². The van der Waals surface area contributed by atoms with Gasteiger partial charge in [0, 0.05) is 29.1 Å². The van der Waals surface area contributed by atoms with Gasteiger partial charge in [-0.15, -0.1) is 0 Å². The van der Waals surface area contributed by atoms with Crippen LogP contribution in [0.15, 0.2) is 42.5 Å². The summed E-state index contributed by atoms with van der Waals surface area (Å²) in [5, 5.41) is 10.6. The van der Waals surface area contributed by atoms with Crippen LogP contribution in [0, 0.1) is 5.92 Å². The number of benzene rings is 2. The highest BCUT2D eigenvalue weighted by molar-refractivity contribution is 6.31. The molecule has 0 spiro atoms. The standard InChI is InChI=1S/C19H17Cl2NO4/c1-26-17-8-13(21)6-7-14(17)18(23)22-9-15(16(10-22)19(24)25)11-2-4-12(20)5-3-11/h2-8,15-16H,9-10H2,1H3,(H,24,25)/t15-,16+/m0/s1. The van der Waals surface area contributed by atoms with Gasteiger partial charge in [0.1, 0.15) is 5.75 Å². The lowest BCUT2D eigenvalue weighted by molar-refractivity contribution is -0.141. The molecule has 2 aromatic rings. The molecule has 0 bridgehead atoms. The van der Waals surface area contributed by atoms with Crippen LogP contribution in [0.1, 0.15) is 21.8 Å². The molecular weight excluding hydrogens is 377 g/mol. The molecule has 0 aliphatic carbocycles. The van der Waals surface area contributed by atoms with Crippen LogP contribution in [0.5, 0.6) is 5.75 Å². The number of hydrogen-bond donors (Lipinski definition) is 1. The molecule has 0 saturated carbocycles. The van der Waals surface area contributed by atoms with E-state index in [0.717, 1.165) is 5.56 Å². The second-order valence-electron chi connectivity index (χ2n) is 6.16. The molecule has 1 N–H and O–H groups in total. The number of methoxy groups -OCH3 is 1. The number of rotatable bonds is 4. The highest BCUT2D eigenvalue weighted by Crippen LogP contribution is 2.35. The predicted molar refractivity (Wildman–Crippen MR) is 99.2 cm³/mol. The highest BCUT2D eigenvalue weighted by Gasteiger charge is 2.41. The fourth-order valence-corrected chi connectivity index (χ4v) is 3.57. The second-order valence-corrected chi connectivity index (χ2v) is 7.03. The minimum atomic E-state index is -0.927. The molecular formula is C19H17Cl2NO4. The average Bonchev–Trinajstić information content (AvgIpc) is 3.07. The van der Waals surface area contributed by atoms with Crippen molar-refractivity contribution < 1.29 is 19.4 Å². The Bertz CT molecular complexity index is 838. The van der Waals surface area contributed by atoms with E-state index in [1.807, 2.05) is 0 Å². The van der Waals surface area contributed by atoms with E-state index in [2.05, 4.69) is 0 Å². The molecule has 1 amide bonds. The zero-order chi connectivity index (χ0) is 18.8. The number of halogens is 2. The third kappa shape index (κ3) is 3.64. The predicted octanol–water partition coefficient (Wildman–Crippen LogP) is 3.94. The third-order valence-corrected chi connectivity index (χ3v) is 5.10. The maximum atomic E-state index is 12.9. The van der Waals surface area contributed by atoms with Gasteiger partial charge in [-0.05, 0) is 35.9 Å². The van der Waals surface area contributed by atoms with Crippen LogP contribution in [0.3, 0.4) is 0 Å². The molecule has 1 aliphatic rings. The van der Waals surface area contributed by atoms with Crippen LogP contribution in [0.2, 0.25) is 10.0 Å². The summed E-state index contributed by atoms with van der Waals surface area (Å²) in [5.41, 5.74) is 1.21. The molecule has 0 aromatic heterocycles. The first-order chi connectivity index (χ1) is 12.4. The van der Waals surface area contributed by atoms with Crippen LogP contribution >= 0.6 is 23.2 Å². The molecule has 3 rings (SSSR count). The molecule has 1 fully saturated rings.